The van der Waals surface area contributed by atoms with E-state index in [4.69, 9.17) is 9.72 Å². The number of nitrogens with zero attached hydrogens (tertiary/aromatic N) is 4. The maximum absolute atomic E-state index is 6.92. The average molecular weight is 1100 g/mol. The third-order valence-electron chi connectivity index (χ3n) is 14.0. The Morgan fingerprint density at radius 1 is 0.529 bits per heavy atom. The van der Waals surface area contributed by atoms with Gasteiger partial charge in [0.15, 0.2) is 0 Å². The zero-order valence-electron chi connectivity index (χ0n) is 41.9. The number of hydrogen-bond acceptors (Lipinski definition) is 4. The number of pyridine rings is 1. The van der Waals surface area contributed by atoms with Crippen molar-refractivity contribution < 1.29 is 25.8 Å². The van der Waals surface area contributed by atoms with Crippen LogP contribution in [0.15, 0.2) is 188 Å². The Balaban J connectivity index is 0.00000608. The number of anilines is 2. The molecule has 0 spiro atoms. The molecule has 0 radical (unpaired) electrons. The summed E-state index contributed by atoms with van der Waals surface area (Å²) in [6.45, 7) is 25.0. The number of aromatic nitrogens is 2. The first-order valence-corrected chi connectivity index (χ1v) is 24.1. The van der Waals surface area contributed by atoms with Crippen molar-refractivity contribution >= 4 is 33.2 Å². The van der Waals surface area contributed by atoms with Gasteiger partial charge in [-0.3, -0.25) is 0 Å². The molecule has 0 N–H and O–H groups in total. The van der Waals surface area contributed by atoms with Gasteiger partial charge in [0.25, 0.3) is 0 Å². The maximum atomic E-state index is 6.92. The van der Waals surface area contributed by atoms with Gasteiger partial charge in [-0.2, -0.15) is 6.07 Å². The fourth-order valence-electron chi connectivity index (χ4n) is 9.78. The second kappa shape index (κ2) is 18.6. The van der Waals surface area contributed by atoms with Crippen LogP contribution in [0.25, 0.3) is 38.8 Å². The predicted molar refractivity (Wildman–Crippen MR) is 287 cm³/mol. The monoisotopic (exact) mass is 1100 g/mol. The van der Waals surface area contributed by atoms with Gasteiger partial charge < -0.3 is 19.1 Å². The number of rotatable bonds is 10. The molecule has 3 heterocycles. The molecule has 6 heteroatoms. The molecule has 2 aromatic heterocycles. The summed E-state index contributed by atoms with van der Waals surface area (Å²) in [7, 11) is 0. The molecule has 0 bridgehead atoms. The van der Waals surface area contributed by atoms with Gasteiger partial charge in [-0.15, -0.1) is 48.3 Å². The van der Waals surface area contributed by atoms with E-state index in [9.17, 15) is 0 Å². The molecule has 70 heavy (non-hydrogen) atoms. The van der Waals surface area contributed by atoms with Crippen LogP contribution in [-0.4, -0.2) is 9.55 Å². The van der Waals surface area contributed by atoms with Crippen molar-refractivity contribution in [2.75, 3.05) is 9.80 Å². The Morgan fingerprint density at radius 3 is 1.84 bits per heavy atom. The number of para-hydroxylation sites is 1. The molecule has 1 aliphatic rings. The second-order valence-electron chi connectivity index (χ2n) is 21.6. The van der Waals surface area contributed by atoms with Gasteiger partial charge in [0.05, 0.1) is 0 Å². The van der Waals surface area contributed by atoms with E-state index in [0.717, 1.165) is 44.7 Å². The molecule has 1 aliphatic heterocycles. The summed E-state index contributed by atoms with van der Waals surface area (Å²) in [5, 5.41) is 2.30. The summed E-state index contributed by atoms with van der Waals surface area (Å²) in [5.74, 6) is 2.05. The molecule has 0 fully saturated rings. The first-order valence-electron chi connectivity index (χ1n) is 24.1. The van der Waals surface area contributed by atoms with Gasteiger partial charge in [0, 0.05) is 66.5 Å². The van der Waals surface area contributed by atoms with Crippen molar-refractivity contribution in [3.63, 3.8) is 0 Å². The molecule has 7 aromatic carbocycles. The summed E-state index contributed by atoms with van der Waals surface area (Å²) < 4.78 is 9.17. The smallest absolute Gasteiger partial charge is 0.135 e. The topological polar surface area (TPSA) is 33.5 Å². The van der Waals surface area contributed by atoms with Crippen LogP contribution in [0, 0.1) is 18.8 Å². The van der Waals surface area contributed by atoms with Crippen LogP contribution in [0.3, 0.4) is 0 Å². The molecule has 0 unspecified atom stereocenters. The standard InChI is InChI=1S/C64H61N4O.Pt/c1-61(2,3)49-35-45(44-23-14-11-15-24-44)36-51(37-49)67-43-66(42-58(67)64(9,10)47-27-18-13-19-28-47)50-29-22-30-52(39-50)69-53-40-55(62(4,5)6)60-54-31-20-21-32-56(54)68(57(60)41-53)59-38-48(33-34-65-59)63(7,8)46-25-16-12-17-26-46;/h11-38,40,42-43H,1-10H3;/q-3;. The average Bonchev–Trinajstić information content (AvgIpc) is 3.95. The van der Waals surface area contributed by atoms with Crippen LogP contribution in [-0.2, 0) is 42.7 Å². The Hall–Kier alpha value is -6.68. The summed E-state index contributed by atoms with van der Waals surface area (Å²) in [6, 6.07) is 67.9. The van der Waals surface area contributed by atoms with Gasteiger partial charge in [0.1, 0.15) is 5.82 Å². The minimum absolute atomic E-state index is 0. The number of ether oxygens (including phenoxy) is 1. The Bertz CT molecular complexity index is 3360. The van der Waals surface area contributed by atoms with Crippen LogP contribution in [0.2, 0.25) is 0 Å². The van der Waals surface area contributed by atoms with E-state index in [1.54, 1.807) is 0 Å². The summed E-state index contributed by atoms with van der Waals surface area (Å²) in [5.41, 5.74) is 12.7. The number of hydrogen-bond donors (Lipinski definition) is 0. The number of benzene rings is 7. The van der Waals surface area contributed by atoms with Crippen molar-refractivity contribution in [1.29, 1.82) is 0 Å². The van der Waals surface area contributed by atoms with Crippen molar-refractivity contribution in [1.82, 2.24) is 9.55 Å². The van der Waals surface area contributed by atoms with Gasteiger partial charge in [-0.25, -0.2) is 4.98 Å². The fourth-order valence-corrected chi connectivity index (χ4v) is 9.78. The van der Waals surface area contributed by atoms with E-state index in [1.165, 1.54) is 38.9 Å². The van der Waals surface area contributed by atoms with E-state index >= 15 is 0 Å². The maximum Gasteiger partial charge on any atom is 0.135 e. The Morgan fingerprint density at radius 2 is 1.17 bits per heavy atom. The molecule has 356 valence electrons. The van der Waals surface area contributed by atoms with Gasteiger partial charge >= 0.3 is 0 Å². The van der Waals surface area contributed by atoms with Crippen LogP contribution in [0.5, 0.6) is 11.5 Å². The Labute approximate surface area is 429 Å². The van der Waals surface area contributed by atoms with E-state index < -0.39 is 0 Å². The van der Waals surface area contributed by atoms with Crippen molar-refractivity contribution in [3.05, 3.63) is 235 Å². The Kier molecular flexibility index (Phi) is 12.8. The molecule has 10 rings (SSSR count). The molecule has 0 saturated heterocycles. The zero-order valence-corrected chi connectivity index (χ0v) is 44.2. The van der Waals surface area contributed by atoms with Crippen LogP contribution in [0.4, 0.5) is 11.4 Å². The normalized spacial score (nSPS) is 13.4. The first-order chi connectivity index (χ1) is 33.0. The molecule has 0 atom stereocenters. The molecule has 0 aliphatic carbocycles. The third kappa shape index (κ3) is 9.13. The summed E-state index contributed by atoms with van der Waals surface area (Å²) in [4.78, 5) is 9.57. The second-order valence-corrected chi connectivity index (χ2v) is 21.6. The summed E-state index contributed by atoms with van der Waals surface area (Å²) >= 11 is 0. The van der Waals surface area contributed by atoms with Gasteiger partial charge in [-0.05, 0) is 86.1 Å². The first kappa shape index (κ1) is 48.3. The van der Waals surface area contributed by atoms with E-state index in [-0.39, 0.29) is 42.7 Å². The molecule has 0 saturated carbocycles. The van der Waals surface area contributed by atoms with E-state index in [1.807, 2.05) is 18.3 Å². The zero-order chi connectivity index (χ0) is 48.3. The van der Waals surface area contributed by atoms with Gasteiger partial charge in [0.2, 0.25) is 0 Å². The van der Waals surface area contributed by atoms with E-state index in [2.05, 4.69) is 266 Å². The SMILES string of the molecule is CC(C)(C)c1cc(-c2ccccc2)cc(N2[CH-]N(c3[c-]c(Oc4[c-]c5c(c(C(C)(C)C)c4)c4ccccc4n5-c4cc(C(C)(C)c5ccccc5)ccn4)ccc3)C=C2C(C)(C)c2ccccc2)c1.[Pt]. The fraction of sp³-hybridized carbons (Fsp3) is 0.219. The minimum Gasteiger partial charge on any atom is -0.509 e. The predicted octanol–water partition coefficient (Wildman–Crippen LogP) is 16.4. The molecule has 5 nitrogen and oxygen atoms in total. The van der Waals surface area contributed by atoms with Crippen LogP contribution in [0.1, 0.15) is 97.1 Å². The van der Waals surface area contributed by atoms with Crippen molar-refractivity contribution in [3.8, 4) is 28.4 Å². The van der Waals surface area contributed by atoms with E-state index in [0.29, 0.717) is 11.5 Å². The molecular formula is C64H61N4OPt-3. The summed E-state index contributed by atoms with van der Waals surface area (Å²) in [6.07, 6.45) is 4.19. The third-order valence-corrected chi connectivity index (χ3v) is 14.0. The molecule has 0 amide bonds. The molecule has 9 aromatic rings. The van der Waals surface area contributed by atoms with Crippen LogP contribution >= 0.6 is 0 Å². The quantitative estimate of drug-likeness (QED) is 0.128. The number of allylic oxidation sites excluding steroid dienone is 1. The molecular weight excluding hydrogens is 1040 g/mol. The van der Waals surface area contributed by atoms with Gasteiger partial charge in [-0.1, -0.05) is 195 Å². The minimum atomic E-state index is -0.358. The van der Waals surface area contributed by atoms with Crippen LogP contribution < -0.4 is 14.5 Å². The number of fused-ring (bicyclic) bond motifs is 3. The van der Waals surface area contributed by atoms with Crippen molar-refractivity contribution in [2.45, 2.75) is 90.9 Å². The largest absolute Gasteiger partial charge is 0.509 e. The van der Waals surface area contributed by atoms with Crippen molar-refractivity contribution in [2.24, 2.45) is 0 Å².